The lowest BCUT2D eigenvalue weighted by atomic mass is 9.76. The van der Waals surface area contributed by atoms with E-state index < -0.39 is 5.41 Å². The fourth-order valence-corrected chi connectivity index (χ4v) is 5.73. The maximum atomic E-state index is 13.3. The minimum atomic E-state index is -0.898. The average Bonchev–Trinajstić information content (AvgIpc) is 3.09. The van der Waals surface area contributed by atoms with Crippen molar-refractivity contribution in [2.45, 2.75) is 38.5 Å². The highest BCUT2D eigenvalue weighted by Crippen LogP contribution is 2.57. The van der Waals surface area contributed by atoms with E-state index in [0.717, 1.165) is 44.9 Å². The molecule has 3 nitrogen and oxygen atoms in total. The Bertz CT molecular complexity index is 1010. The van der Waals surface area contributed by atoms with Crippen molar-refractivity contribution < 1.29 is 14.4 Å². The quantitative estimate of drug-likeness (QED) is 0.539. The van der Waals surface area contributed by atoms with Gasteiger partial charge in [0.05, 0.1) is 0 Å². The first-order valence-electron chi connectivity index (χ1n) is 9.35. The average molecular weight is 395 g/mol. The summed E-state index contributed by atoms with van der Waals surface area (Å²) in [7, 11) is 0. The van der Waals surface area contributed by atoms with Crippen LogP contribution in [-0.4, -0.2) is 11.1 Å². The zero-order valence-corrected chi connectivity index (χ0v) is 16.7. The van der Waals surface area contributed by atoms with Crippen molar-refractivity contribution >= 4 is 22.6 Å². The number of allylic oxidation sites excluding steroid dienone is 2. The van der Waals surface area contributed by atoms with Crippen molar-refractivity contribution in [3.63, 3.8) is 0 Å². The van der Waals surface area contributed by atoms with Gasteiger partial charge in [0.1, 0.15) is 11.2 Å². The first-order valence-corrected chi connectivity index (χ1v) is 10.2. The number of aryl methyl sites for hydroxylation is 1. The standard InChI is InChI=1S/C23H22FNO2S/c1-14-4-3-5-19(15(14)2)23(22(26)25-27)13-12-17-8-11-20(28-21(17)23)16-6-9-18(24)10-7-16/h3-7,9-11,27H,8,12-13H2,1-2H3,(H,25,26)/t23-/m1/s1. The van der Waals surface area contributed by atoms with Crippen molar-refractivity contribution in [1.82, 2.24) is 5.48 Å². The summed E-state index contributed by atoms with van der Waals surface area (Å²) >= 11 is 1.57. The molecule has 2 aromatic carbocycles. The lowest BCUT2D eigenvalue weighted by Gasteiger charge is -2.33. The second kappa shape index (κ2) is 7.22. The van der Waals surface area contributed by atoms with Crippen LogP contribution in [0.15, 0.2) is 59.0 Å². The van der Waals surface area contributed by atoms with Crippen LogP contribution in [0.2, 0.25) is 0 Å². The van der Waals surface area contributed by atoms with Gasteiger partial charge < -0.3 is 0 Å². The number of halogens is 1. The van der Waals surface area contributed by atoms with E-state index >= 15 is 0 Å². The minimum Gasteiger partial charge on any atom is -0.289 e. The molecule has 0 aromatic heterocycles. The molecular weight excluding hydrogens is 373 g/mol. The molecule has 144 valence electrons. The van der Waals surface area contributed by atoms with Gasteiger partial charge in [0.15, 0.2) is 0 Å². The third kappa shape index (κ3) is 2.90. The highest BCUT2D eigenvalue weighted by molar-refractivity contribution is 8.12. The van der Waals surface area contributed by atoms with Crippen LogP contribution in [0.4, 0.5) is 4.39 Å². The van der Waals surface area contributed by atoms with Crippen LogP contribution in [0.3, 0.4) is 0 Å². The van der Waals surface area contributed by atoms with Crippen molar-refractivity contribution in [1.29, 1.82) is 0 Å². The summed E-state index contributed by atoms with van der Waals surface area (Å²) in [5.74, 6) is -0.658. The molecule has 28 heavy (non-hydrogen) atoms. The van der Waals surface area contributed by atoms with Gasteiger partial charge in [-0.25, -0.2) is 9.87 Å². The number of hydrogen-bond donors (Lipinski definition) is 2. The van der Waals surface area contributed by atoms with E-state index in [-0.39, 0.29) is 11.7 Å². The summed E-state index contributed by atoms with van der Waals surface area (Å²) < 4.78 is 13.3. The number of carbonyl (C=O) groups is 1. The van der Waals surface area contributed by atoms with Crippen LogP contribution in [0.25, 0.3) is 4.91 Å². The minimum absolute atomic E-state index is 0.268. The molecule has 4 rings (SSSR count). The SMILES string of the molecule is Cc1cccc([C@]2(C(=O)NO)CCC3=C2SC(c2ccc(F)cc2)=CC3)c1C. The van der Waals surface area contributed by atoms with E-state index in [1.165, 1.54) is 17.7 Å². The number of hydroxylamine groups is 1. The predicted octanol–water partition coefficient (Wildman–Crippen LogP) is 5.41. The van der Waals surface area contributed by atoms with Gasteiger partial charge >= 0.3 is 0 Å². The molecule has 0 unspecified atom stereocenters. The molecule has 0 saturated carbocycles. The van der Waals surface area contributed by atoms with Gasteiger partial charge in [0, 0.05) is 9.81 Å². The van der Waals surface area contributed by atoms with E-state index in [4.69, 9.17) is 0 Å². The third-order valence-electron chi connectivity index (χ3n) is 5.94. The summed E-state index contributed by atoms with van der Waals surface area (Å²) in [5.41, 5.74) is 6.33. The number of amides is 1. The number of carbonyl (C=O) groups excluding carboxylic acids is 1. The smallest absolute Gasteiger partial charge is 0.259 e. The maximum Gasteiger partial charge on any atom is 0.259 e. The normalized spacial score (nSPS) is 21.4. The first-order chi connectivity index (χ1) is 13.5. The Morgan fingerprint density at radius 1 is 1.18 bits per heavy atom. The summed E-state index contributed by atoms with van der Waals surface area (Å²) in [5, 5.41) is 9.60. The molecule has 2 N–H and O–H groups in total. The van der Waals surface area contributed by atoms with Crippen LogP contribution in [-0.2, 0) is 10.2 Å². The van der Waals surface area contributed by atoms with E-state index in [2.05, 4.69) is 6.08 Å². The summed E-state index contributed by atoms with van der Waals surface area (Å²) in [6.45, 7) is 4.06. The fraction of sp³-hybridized carbons (Fsp3) is 0.261. The highest BCUT2D eigenvalue weighted by atomic mass is 32.2. The van der Waals surface area contributed by atoms with Crippen LogP contribution >= 0.6 is 11.8 Å². The topological polar surface area (TPSA) is 49.3 Å². The van der Waals surface area contributed by atoms with Crippen molar-refractivity contribution in [2.24, 2.45) is 0 Å². The zero-order chi connectivity index (χ0) is 19.9. The van der Waals surface area contributed by atoms with E-state index in [0.29, 0.717) is 6.42 Å². The van der Waals surface area contributed by atoms with Crippen LogP contribution < -0.4 is 5.48 Å². The number of rotatable bonds is 3. The number of hydrogen-bond acceptors (Lipinski definition) is 3. The maximum absolute atomic E-state index is 13.3. The first kappa shape index (κ1) is 19.0. The Kier molecular flexibility index (Phi) is 4.89. The van der Waals surface area contributed by atoms with Gasteiger partial charge in [-0.1, -0.05) is 53.7 Å². The monoisotopic (exact) mass is 395 g/mol. The zero-order valence-electron chi connectivity index (χ0n) is 15.9. The van der Waals surface area contributed by atoms with E-state index in [9.17, 15) is 14.4 Å². The van der Waals surface area contributed by atoms with Gasteiger partial charge in [-0.3, -0.25) is 10.0 Å². The number of thioether (sulfide) groups is 1. The summed E-state index contributed by atoms with van der Waals surface area (Å²) in [4.78, 5) is 15.1. The molecule has 2 aromatic rings. The van der Waals surface area contributed by atoms with Gasteiger partial charge in [-0.15, -0.1) is 0 Å². The van der Waals surface area contributed by atoms with Gasteiger partial charge in [-0.05, 0) is 67.5 Å². The lowest BCUT2D eigenvalue weighted by molar-refractivity contribution is -0.133. The summed E-state index contributed by atoms with van der Waals surface area (Å²) in [6.07, 6.45) is 4.36. The lowest BCUT2D eigenvalue weighted by Crippen LogP contribution is -2.43. The van der Waals surface area contributed by atoms with Crippen molar-refractivity contribution in [3.8, 4) is 0 Å². The molecule has 1 aliphatic heterocycles. The van der Waals surface area contributed by atoms with Gasteiger partial charge in [0.2, 0.25) is 0 Å². The fourth-order valence-electron chi connectivity index (χ4n) is 4.28. The Hall–Kier alpha value is -2.37. The molecule has 0 bridgehead atoms. The van der Waals surface area contributed by atoms with Crippen LogP contribution in [0.1, 0.15) is 41.5 Å². The Balaban J connectivity index is 1.81. The van der Waals surface area contributed by atoms with E-state index in [1.54, 1.807) is 23.9 Å². The number of benzene rings is 2. The Labute approximate surface area is 168 Å². The molecular formula is C23H22FNO2S. The molecule has 0 radical (unpaired) electrons. The molecule has 1 heterocycles. The molecule has 5 heteroatoms. The molecule has 0 spiro atoms. The highest BCUT2D eigenvalue weighted by Gasteiger charge is 2.50. The molecule has 0 saturated heterocycles. The van der Waals surface area contributed by atoms with Crippen LogP contribution in [0.5, 0.6) is 0 Å². The van der Waals surface area contributed by atoms with E-state index in [1.807, 2.05) is 37.5 Å². The second-order valence-corrected chi connectivity index (χ2v) is 8.46. The Morgan fingerprint density at radius 3 is 2.64 bits per heavy atom. The molecule has 1 atom stereocenters. The second-order valence-electron chi connectivity index (χ2n) is 7.41. The van der Waals surface area contributed by atoms with Crippen molar-refractivity contribution in [3.05, 3.63) is 87.1 Å². The Morgan fingerprint density at radius 2 is 1.93 bits per heavy atom. The van der Waals surface area contributed by atoms with Gasteiger partial charge in [-0.2, -0.15) is 0 Å². The predicted molar refractivity (Wildman–Crippen MR) is 110 cm³/mol. The van der Waals surface area contributed by atoms with Crippen LogP contribution in [0, 0.1) is 19.7 Å². The summed E-state index contributed by atoms with van der Waals surface area (Å²) in [6, 6.07) is 12.4. The van der Waals surface area contributed by atoms with Crippen molar-refractivity contribution in [2.75, 3.05) is 0 Å². The number of nitrogens with one attached hydrogen (secondary N) is 1. The van der Waals surface area contributed by atoms with Gasteiger partial charge in [0.25, 0.3) is 5.91 Å². The molecule has 2 aliphatic rings. The third-order valence-corrected chi connectivity index (χ3v) is 7.40. The largest absolute Gasteiger partial charge is 0.289 e. The molecule has 1 amide bonds. The molecule has 0 fully saturated rings. The molecule has 1 aliphatic carbocycles.